The molecular weight excluding hydrogens is 455 g/mol. The molecule has 0 heterocycles. The van der Waals surface area contributed by atoms with Crippen molar-refractivity contribution in [3.63, 3.8) is 0 Å². The van der Waals surface area contributed by atoms with Gasteiger partial charge in [-0.1, -0.05) is 45.2 Å². The topological polar surface area (TPSA) is 62.8 Å². The lowest BCUT2D eigenvalue weighted by atomic mass is 10.1. The summed E-state index contributed by atoms with van der Waals surface area (Å²) < 4.78 is 12.5. The summed E-state index contributed by atoms with van der Waals surface area (Å²) >= 11 is 15.6. The van der Waals surface area contributed by atoms with Crippen molar-refractivity contribution in [2.75, 3.05) is 33.4 Å². The van der Waals surface area contributed by atoms with Crippen molar-refractivity contribution in [1.82, 2.24) is 10.6 Å². The predicted molar refractivity (Wildman–Crippen MR) is 113 cm³/mol. The maximum Gasteiger partial charge on any atom is 0.167 e. The Bertz CT molecular complexity index is 747. The minimum absolute atomic E-state index is 0.133. The molecule has 0 aromatic heterocycles. The van der Waals surface area contributed by atoms with Crippen molar-refractivity contribution >= 4 is 39.1 Å². The molecule has 0 aliphatic rings. The van der Waals surface area contributed by atoms with Crippen LogP contribution in [0.25, 0.3) is 0 Å². The zero-order chi connectivity index (χ0) is 19.6. The Kier molecular flexibility index (Phi) is 9.68. The van der Waals surface area contributed by atoms with Gasteiger partial charge in [-0.3, -0.25) is 0 Å². The van der Waals surface area contributed by atoms with E-state index in [1.54, 1.807) is 19.2 Å². The van der Waals surface area contributed by atoms with E-state index in [1.165, 1.54) is 0 Å². The summed E-state index contributed by atoms with van der Waals surface area (Å²) in [6, 6.07) is 9.22. The lowest BCUT2D eigenvalue weighted by Crippen LogP contribution is -2.29. The molecule has 2 aromatic carbocycles. The average Bonchev–Trinajstić information content (AvgIpc) is 2.66. The fourth-order valence-corrected chi connectivity index (χ4v) is 3.22. The van der Waals surface area contributed by atoms with E-state index in [0.29, 0.717) is 41.2 Å². The molecule has 0 saturated carbocycles. The summed E-state index contributed by atoms with van der Waals surface area (Å²) in [6.07, 6.45) is 0. The third-order valence-electron chi connectivity index (χ3n) is 3.82. The molecule has 0 radical (unpaired) electrons. The van der Waals surface area contributed by atoms with E-state index in [0.717, 1.165) is 28.7 Å². The maximum absolute atomic E-state index is 8.78. The second-order valence-electron chi connectivity index (χ2n) is 5.74. The van der Waals surface area contributed by atoms with E-state index in [-0.39, 0.29) is 6.61 Å². The zero-order valence-electron chi connectivity index (χ0n) is 15.0. The molecule has 0 fully saturated rings. The number of rotatable bonds is 11. The van der Waals surface area contributed by atoms with Gasteiger partial charge in [-0.15, -0.1) is 0 Å². The molecule has 0 atom stereocenters. The van der Waals surface area contributed by atoms with Crippen LogP contribution < -0.4 is 20.1 Å². The first-order chi connectivity index (χ1) is 13.1. The molecule has 0 aliphatic heterocycles. The smallest absolute Gasteiger partial charge is 0.167 e. The van der Waals surface area contributed by atoms with Crippen LogP contribution in [-0.2, 0) is 13.2 Å². The molecule has 27 heavy (non-hydrogen) atoms. The van der Waals surface area contributed by atoms with Crippen LogP contribution in [0.15, 0.2) is 34.8 Å². The van der Waals surface area contributed by atoms with Gasteiger partial charge < -0.3 is 25.2 Å². The number of methoxy groups -OCH3 is 1. The van der Waals surface area contributed by atoms with Crippen LogP contribution in [0.1, 0.15) is 11.1 Å². The Hall–Kier alpha value is -1.02. The summed E-state index contributed by atoms with van der Waals surface area (Å²) in [5, 5.41) is 16.3. The Morgan fingerprint density at radius 3 is 2.52 bits per heavy atom. The van der Waals surface area contributed by atoms with E-state index < -0.39 is 0 Å². The van der Waals surface area contributed by atoms with Crippen LogP contribution in [0, 0.1) is 0 Å². The summed E-state index contributed by atoms with van der Waals surface area (Å²) in [7, 11) is 1.62. The van der Waals surface area contributed by atoms with Gasteiger partial charge in [0.15, 0.2) is 11.5 Å². The lowest BCUT2D eigenvalue weighted by Gasteiger charge is -2.17. The van der Waals surface area contributed by atoms with Crippen molar-refractivity contribution in [2.45, 2.75) is 13.2 Å². The van der Waals surface area contributed by atoms with E-state index in [2.05, 4.69) is 26.6 Å². The SMILES string of the molecule is COc1ccc(Br)c(CNCCNCCO)c1OCc1ccc(Cl)c(Cl)c1. The van der Waals surface area contributed by atoms with Crippen molar-refractivity contribution in [3.8, 4) is 11.5 Å². The first-order valence-corrected chi connectivity index (χ1v) is 10.1. The summed E-state index contributed by atoms with van der Waals surface area (Å²) in [5.74, 6) is 1.34. The standard InChI is InChI=1S/C19H23BrCl2N2O3/c1-26-18-5-3-15(20)14(11-24-7-6-23-8-9-25)19(18)27-12-13-2-4-16(21)17(22)10-13/h2-5,10,23-25H,6-9,11-12H2,1H3. The molecule has 3 N–H and O–H groups in total. The Morgan fingerprint density at radius 1 is 1.04 bits per heavy atom. The molecule has 8 heteroatoms. The van der Waals surface area contributed by atoms with Gasteiger partial charge in [0.25, 0.3) is 0 Å². The normalized spacial score (nSPS) is 10.9. The van der Waals surface area contributed by atoms with E-state index in [1.807, 2.05) is 18.2 Å². The van der Waals surface area contributed by atoms with E-state index >= 15 is 0 Å². The molecule has 0 bridgehead atoms. The highest BCUT2D eigenvalue weighted by molar-refractivity contribution is 9.10. The predicted octanol–water partition coefficient (Wildman–Crippen LogP) is 4.02. The number of hydrogen-bond donors (Lipinski definition) is 3. The van der Waals surface area contributed by atoms with Gasteiger partial charge in [-0.2, -0.15) is 0 Å². The monoisotopic (exact) mass is 476 g/mol. The number of halogens is 3. The van der Waals surface area contributed by atoms with Crippen molar-refractivity contribution in [1.29, 1.82) is 0 Å². The molecule has 0 saturated heterocycles. The fraction of sp³-hybridized carbons (Fsp3) is 0.368. The highest BCUT2D eigenvalue weighted by Crippen LogP contribution is 2.37. The second-order valence-corrected chi connectivity index (χ2v) is 7.41. The summed E-state index contributed by atoms with van der Waals surface area (Å²) in [6.45, 7) is 3.19. The van der Waals surface area contributed by atoms with Crippen LogP contribution in [-0.4, -0.2) is 38.5 Å². The number of ether oxygens (including phenoxy) is 2. The first-order valence-electron chi connectivity index (χ1n) is 8.51. The minimum atomic E-state index is 0.133. The van der Waals surface area contributed by atoms with Crippen molar-refractivity contribution in [3.05, 3.63) is 56.0 Å². The Balaban J connectivity index is 2.08. The van der Waals surface area contributed by atoms with Crippen LogP contribution in [0.5, 0.6) is 11.5 Å². The average molecular weight is 478 g/mol. The highest BCUT2D eigenvalue weighted by atomic mass is 79.9. The third-order valence-corrected chi connectivity index (χ3v) is 5.31. The molecule has 5 nitrogen and oxygen atoms in total. The lowest BCUT2D eigenvalue weighted by molar-refractivity contribution is 0.280. The van der Waals surface area contributed by atoms with Crippen LogP contribution in [0.2, 0.25) is 10.0 Å². The van der Waals surface area contributed by atoms with Gasteiger partial charge >= 0.3 is 0 Å². The number of aliphatic hydroxyl groups excluding tert-OH is 1. The minimum Gasteiger partial charge on any atom is -0.493 e. The van der Waals surface area contributed by atoms with Gasteiger partial charge in [0.05, 0.1) is 23.8 Å². The Labute approximate surface area is 178 Å². The van der Waals surface area contributed by atoms with Crippen LogP contribution in [0.4, 0.5) is 0 Å². The first kappa shape index (κ1) is 22.3. The van der Waals surface area contributed by atoms with Gasteiger partial charge in [0, 0.05) is 36.2 Å². The molecule has 0 amide bonds. The van der Waals surface area contributed by atoms with E-state index in [9.17, 15) is 0 Å². The molecule has 0 unspecified atom stereocenters. The van der Waals surface area contributed by atoms with E-state index in [4.69, 9.17) is 37.8 Å². The van der Waals surface area contributed by atoms with Crippen molar-refractivity contribution < 1.29 is 14.6 Å². The largest absolute Gasteiger partial charge is 0.493 e. The van der Waals surface area contributed by atoms with Crippen LogP contribution >= 0.6 is 39.1 Å². The third kappa shape index (κ3) is 6.82. The maximum atomic E-state index is 8.78. The van der Waals surface area contributed by atoms with Gasteiger partial charge in [0.1, 0.15) is 6.61 Å². The van der Waals surface area contributed by atoms with Gasteiger partial charge in [-0.05, 0) is 29.8 Å². The molecule has 2 rings (SSSR count). The fourth-order valence-electron chi connectivity index (χ4n) is 2.45. The number of nitrogens with one attached hydrogen (secondary N) is 2. The summed E-state index contributed by atoms with van der Waals surface area (Å²) in [5.41, 5.74) is 1.88. The molecule has 2 aromatic rings. The summed E-state index contributed by atoms with van der Waals surface area (Å²) in [4.78, 5) is 0. The van der Waals surface area contributed by atoms with Gasteiger partial charge in [-0.25, -0.2) is 0 Å². The number of hydrogen-bond acceptors (Lipinski definition) is 5. The van der Waals surface area contributed by atoms with Crippen LogP contribution in [0.3, 0.4) is 0 Å². The van der Waals surface area contributed by atoms with Crippen molar-refractivity contribution in [2.24, 2.45) is 0 Å². The quantitative estimate of drug-likeness (QED) is 0.427. The highest BCUT2D eigenvalue weighted by Gasteiger charge is 2.15. The number of benzene rings is 2. The molecule has 0 aliphatic carbocycles. The molecular formula is C19H23BrCl2N2O3. The zero-order valence-corrected chi connectivity index (χ0v) is 18.1. The number of aliphatic hydroxyl groups is 1. The second kappa shape index (κ2) is 11.7. The molecule has 148 valence electrons. The Morgan fingerprint density at radius 2 is 1.81 bits per heavy atom. The molecule has 0 spiro atoms. The van der Waals surface area contributed by atoms with Gasteiger partial charge in [0.2, 0.25) is 0 Å².